The molecule has 1 aliphatic carbocycles. The minimum atomic E-state index is 0.00379. The summed E-state index contributed by atoms with van der Waals surface area (Å²) in [5.41, 5.74) is 0.559. The molecule has 0 spiro atoms. The first-order valence-electron chi connectivity index (χ1n) is 8.14. The highest BCUT2D eigenvalue weighted by Gasteiger charge is 2.43. The van der Waals surface area contributed by atoms with Gasteiger partial charge in [-0.2, -0.15) is 0 Å². The SMILES string of the molecule is O=C(c1cccc(O)c1)N1CCN2[C@@H](COC[C@@H]2C2CC2)C1. The maximum Gasteiger partial charge on any atom is 0.254 e. The van der Waals surface area contributed by atoms with E-state index < -0.39 is 0 Å². The number of ether oxygens (including phenoxy) is 1. The molecule has 1 amide bonds. The molecule has 2 heterocycles. The van der Waals surface area contributed by atoms with Gasteiger partial charge in [-0.25, -0.2) is 0 Å². The number of hydrogen-bond donors (Lipinski definition) is 1. The molecule has 4 rings (SSSR count). The fourth-order valence-electron chi connectivity index (χ4n) is 3.77. The second kappa shape index (κ2) is 5.56. The topological polar surface area (TPSA) is 53.0 Å². The lowest BCUT2D eigenvalue weighted by molar-refractivity contribution is -0.0816. The van der Waals surface area contributed by atoms with Gasteiger partial charge in [0.15, 0.2) is 0 Å². The number of aromatic hydroxyl groups is 1. The Kier molecular flexibility index (Phi) is 3.54. The second-order valence-electron chi connectivity index (χ2n) is 6.64. The summed E-state index contributed by atoms with van der Waals surface area (Å²) in [7, 11) is 0. The standard InChI is InChI=1S/C17H22N2O3/c20-15-3-1-2-13(8-15)17(21)18-6-7-19-14(9-18)10-22-11-16(19)12-4-5-12/h1-3,8,12,14,16,20H,4-7,9-11H2/t14-,16-/m1/s1. The molecule has 22 heavy (non-hydrogen) atoms. The summed E-state index contributed by atoms with van der Waals surface area (Å²) in [6.07, 6.45) is 2.65. The van der Waals surface area contributed by atoms with E-state index >= 15 is 0 Å². The van der Waals surface area contributed by atoms with Crippen LogP contribution < -0.4 is 0 Å². The molecule has 5 heteroatoms. The fourth-order valence-corrected chi connectivity index (χ4v) is 3.77. The van der Waals surface area contributed by atoms with Gasteiger partial charge in [0.1, 0.15) is 5.75 Å². The lowest BCUT2D eigenvalue weighted by atomic mass is 10.0. The van der Waals surface area contributed by atoms with Crippen molar-refractivity contribution in [1.82, 2.24) is 9.80 Å². The molecule has 2 atom stereocenters. The van der Waals surface area contributed by atoms with Crippen LogP contribution in [0.1, 0.15) is 23.2 Å². The number of fused-ring (bicyclic) bond motifs is 1. The van der Waals surface area contributed by atoms with E-state index in [1.807, 2.05) is 4.90 Å². The van der Waals surface area contributed by atoms with Crippen LogP contribution in [0.4, 0.5) is 0 Å². The van der Waals surface area contributed by atoms with E-state index in [9.17, 15) is 9.90 Å². The molecule has 2 aliphatic heterocycles. The Balaban J connectivity index is 1.46. The van der Waals surface area contributed by atoms with Gasteiger partial charge in [-0.3, -0.25) is 9.69 Å². The number of carbonyl (C=O) groups is 1. The van der Waals surface area contributed by atoms with Crippen molar-refractivity contribution in [2.45, 2.75) is 24.9 Å². The van der Waals surface area contributed by atoms with Gasteiger partial charge < -0.3 is 14.7 Å². The van der Waals surface area contributed by atoms with Crippen LogP contribution in [0.3, 0.4) is 0 Å². The van der Waals surface area contributed by atoms with Crippen molar-refractivity contribution in [2.75, 3.05) is 32.8 Å². The lowest BCUT2D eigenvalue weighted by Crippen LogP contribution is -2.63. The first kappa shape index (κ1) is 14.0. The average Bonchev–Trinajstić information content (AvgIpc) is 3.38. The van der Waals surface area contributed by atoms with Gasteiger partial charge >= 0.3 is 0 Å². The summed E-state index contributed by atoms with van der Waals surface area (Å²) in [4.78, 5) is 17.1. The predicted molar refractivity (Wildman–Crippen MR) is 81.8 cm³/mol. The average molecular weight is 302 g/mol. The maximum atomic E-state index is 12.6. The summed E-state index contributed by atoms with van der Waals surface area (Å²) in [5, 5.41) is 9.55. The zero-order valence-corrected chi connectivity index (χ0v) is 12.6. The first-order chi connectivity index (χ1) is 10.7. The molecule has 0 radical (unpaired) electrons. The van der Waals surface area contributed by atoms with Crippen molar-refractivity contribution in [1.29, 1.82) is 0 Å². The lowest BCUT2D eigenvalue weighted by Gasteiger charge is -2.48. The summed E-state index contributed by atoms with van der Waals surface area (Å²) in [6, 6.07) is 7.47. The van der Waals surface area contributed by atoms with Crippen LogP contribution in [0.25, 0.3) is 0 Å². The summed E-state index contributed by atoms with van der Waals surface area (Å²) in [6.45, 7) is 3.97. The van der Waals surface area contributed by atoms with E-state index in [4.69, 9.17) is 4.74 Å². The largest absolute Gasteiger partial charge is 0.508 e. The molecule has 0 bridgehead atoms. The highest BCUT2D eigenvalue weighted by molar-refractivity contribution is 5.94. The van der Waals surface area contributed by atoms with E-state index in [1.54, 1.807) is 24.3 Å². The number of hydrogen-bond acceptors (Lipinski definition) is 4. The minimum Gasteiger partial charge on any atom is -0.508 e. The third kappa shape index (κ3) is 2.59. The van der Waals surface area contributed by atoms with Crippen molar-refractivity contribution in [2.24, 2.45) is 5.92 Å². The number of morpholine rings is 1. The third-order valence-corrected chi connectivity index (χ3v) is 5.10. The number of carbonyl (C=O) groups excluding carboxylic acids is 1. The quantitative estimate of drug-likeness (QED) is 0.895. The smallest absolute Gasteiger partial charge is 0.254 e. The van der Waals surface area contributed by atoms with Gasteiger partial charge in [-0.1, -0.05) is 6.07 Å². The second-order valence-corrected chi connectivity index (χ2v) is 6.64. The van der Waals surface area contributed by atoms with Crippen molar-refractivity contribution in [3.8, 4) is 5.75 Å². The van der Waals surface area contributed by atoms with Gasteiger partial charge in [0, 0.05) is 31.2 Å². The number of rotatable bonds is 2. The van der Waals surface area contributed by atoms with E-state index in [0.717, 1.165) is 32.2 Å². The van der Waals surface area contributed by atoms with E-state index in [-0.39, 0.29) is 11.7 Å². The van der Waals surface area contributed by atoms with Crippen molar-refractivity contribution in [3.63, 3.8) is 0 Å². The highest BCUT2D eigenvalue weighted by Crippen LogP contribution is 2.38. The van der Waals surface area contributed by atoms with Gasteiger partial charge in [-0.05, 0) is 37.0 Å². The molecule has 1 saturated carbocycles. The van der Waals surface area contributed by atoms with Crippen LogP contribution in [0.15, 0.2) is 24.3 Å². The van der Waals surface area contributed by atoms with Gasteiger partial charge in [0.25, 0.3) is 5.91 Å². The number of phenols is 1. The Morgan fingerprint density at radius 3 is 2.86 bits per heavy atom. The summed E-state index contributed by atoms with van der Waals surface area (Å²) in [5.74, 6) is 0.944. The maximum absolute atomic E-state index is 12.6. The Morgan fingerprint density at radius 1 is 1.23 bits per heavy atom. The van der Waals surface area contributed by atoms with E-state index in [1.165, 1.54) is 12.8 Å². The normalized spacial score (nSPS) is 29.2. The Bertz CT molecular complexity index is 573. The van der Waals surface area contributed by atoms with Gasteiger partial charge in [0.2, 0.25) is 0 Å². The molecular weight excluding hydrogens is 280 g/mol. The molecule has 0 unspecified atom stereocenters. The molecule has 2 saturated heterocycles. The molecule has 3 aliphatic rings. The minimum absolute atomic E-state index is 0.00379. The van der Waals surface area contributed by atoms with Gasteiger partial charge in [-0.15, -0.1) is 0 Å². The highest BCUT2D eigenvalue weighted by atomic mass is 16.5. The van der Waals surface area contributed by atoms with Crippen LogP contribution >= 0.6 is 0 Å². The van der Waals surface area contributed by atoms with E-state index in [2.05, 4.69) is 4.90 Å². The summed E-state index contributed by atoms with van der Waals surface area (Å²) >= 11 is 0. The zero-order valence-electron chi connectivity index (χ0n) is 12.6. The van der Waals surface area contributed by atoms with E-state index in [0.29, 0.717) is 24.3 Å². The Morgan fingerprint density at radius 2 is 2.09 bits per heavy atom. The van der Waals surface area contributed by atoms with Crippen LogP contribution in [0.5, 0.6) is 5.75 Å². The predicted octanol–water partition coefficient (Wildman–Crippen LogP) is 1.33. The first-order valence-corrected chi connectivity index (χ1v) is 8.14. The van der Waals surface area contributed by atoms with Crippen LogP contribution in [-0.4, -0.2) is 65.7 Å². The molecule has 118 valence electrons. The Labute approximate surface area is 130 Å². The number of amides is 1. The molecule has 5 nitrogen and oxygen atoms in total. The van der Waals surface area contributed by atoms with Crippen molar-refractivity contribution in [3.05, 3.63) is 29.8 Å². The number of phenolic OH excluding ortho intramolecular Hbond substituents is 1. The monoisotopic (exact) mass is 302 g/mol. The zero-order chi connectivity index (χ0) is 15.1. The molecule has 1 N–H and O–H groups in total. The van der Waals surface area contributed by atoms with Crippen molar-refractivity contribution < 1.29 is 14.6 Å². The summed E-state index contributed by atoms with van der Waals surface area (Å²) < 4.78 is 5.79. The fraction of sp³-hybridized carbons (Fsp3) is 0.588. The molecule has 0 aromatic heterocycles. The molecule has 1 aromatic rings. The molecule has 3 fully saturated rings. The van der Waals surface area contributed by atoms with Crippen molar-refractivity contribution >= 4 is 5.91 Å². The third-order valence-electron chi connectivity index (χ3n) is 5.10. The van der Waals surface area contributed by atoms with Gasteiger partial charge in [0.05, 0.1) is 19.3 Å². The molecular formula is C17H22N2O3. The van der Waals surface area contributed by atoms with Crippen LogP contribution in [-0.2, 0) is 4.74 Å². The number of benzene rings is 1. The Hall–Kier alpha value is -1.59. The van der Waals surface area contributed by atoms with Crippen LogP contribution in [0.2, 0.25) is 0 Å². The van der Waals surface area contributed by atoms with Crippen LogP contribution in [0, 0.1) is 5.92 Å². The molecule has 1 aromatic carbocycles. The number of nitrogens with zero attached hydrogens (tertiary/aromatic N) is 2. The number of piperazine rings is 1.